The summed E-state index contributed by atoms with van der Waals surface area (Å²) in [5, 5.41) is 13.4. The molecule has 0 aliphatic heterocycles. The quantitative estimate of drug-likeness (QED) is 0.472. The van der Waals surface area contributed by atoms with Gasteiger partial charge in [0, 0.05) is 11.5 Å². The molecule has 0 saturated carbocycles. The van der Waals surface area contributed by atoms with Crippen LogP contribution in [0, 0.1) is 13.8 Å². The molecule has 0 bridgehead atoms. The third kappa shape index (κ3) is 2.77. The van der Waals surface area contributed by atoms with E-state index in [1.54, 1.807) is 0 Å². The van der Waals surface area contributed by atoms with E-state index in [2.05, 4.69) is 15.4 Å². The van der Waals surface area contributed by atoms with Crippen molar-refractivity contribution < 1.29 is 9.37 Å². The summed E-state index contributed by atoms with van der Waals surface area (Å²) in [7, 11) is 0. The lowest BCUT2D eigenvalue weighted by Gasteiger charge is -2.08. The second kappa shape index (κ2) is 6.45. The maximum Gasteiger partial charge on any atom is 0.215 e. The number of hydrogen-bond donors (Lipinski definition) is 0. The number of fused-ring (bicyclic) bond motifs is 2. The molecular formula is C21H17N5O2. The summed E-state index contributed by atoms with van der Waals surface area (Å²) in [5.41, 5.74) is 6.18. The lowest BCUT2D eigenvalue weighted by atomic mass is 10.1. The molecule has 3 heterocycles. The standard InChI is InChI=1S/C21H17N5O2/c1-13-10-19(27-12-15-8-9-17-18(11-15)25-28-24-17)22-21-20(13)14(2)23-26(21)16-6-4-3-5-7-16/h3-11H,12H2,1-2H3. The summed E-state index contributed by atoms with van der Waals surface area (Å²) < 4.78 is 12.6. The van der Waals surface area contributed by atoms with Crippen LogP contribution in [0.2, 0.25) is 0 Å². The number of para-hydroxylation sites is 1. The first kappa shape index (κ1) is 16.4. The van der Waals surface area contributed by atoms with E-state index in [1.165, 1.54) is 0 Å². The maximum absolute atomic E-state index is 5.98. The van der Waals surface area contributed by atoms with E-state index in [-0.39, 0.29) is 0 Å². The van der Waals surface area contributed by atoms with Crippen LogP contribution < -0.4 is 4.74 Å². The average molecular weight is 371 g/mol. The van der Waals surface area contributed by atoms with Gasteiger partial charge in [-0.1, -0.05) is 24.3 Å². The molecule has 0 unspecified atom stereocenters. The fraction of sp³-hybridized carbons (Fsp3) is 0.143. The number of aromatic nitrogens is 5. The molecule has 0 fully saturated rings. The summed E-state index contributed by atoms with van der Waals surface area (Å²) in [6.07, 6.45) is 0. The van der Waals surface area contributed by atoms with Crippen LogP contribution in [0.1, 0.15) is 16.8 Å². The third-order valence-electron chi connectivity index (χ3n) is 4.69. The van der Waals surface area contributed by atoms with Crippen LogP contribution in [0.5, 0.6) is 5.88 Å². The molecule has 5 aromatic rings. The van der Waals surface area contributed by atoms with Gasteiger partial charge in [0.1, 0.15) is 17.6 Å². The number of aryl methyl sites for hydroxylation is 2. The Balaban J connectivity index is 1.51. The molecule has 0 amide bonds. The second-order valence-electron chi connectivity index (χ2n) is 6.68. The van der Waals surface area contributed by atoms with Crippen molar-refractivity contribution in [2.24, 2.45) is 0 Å². The molecule has 0 aliphatic rings. The van der Waals surface area contributed by atoms with Crippen molar-refractivity contribution >= 4 is 22.1 Å². The fourth-order valence-corrected chi connectivity index (χ4v) is 3.37. The van der Waals surface area contributed by atoms with Gasteiger partial charge >= 0.3 is 0 Å². The number of nitrogens with zero attached hydrogens (tertiary/aromatic N) is 5. The zero-order valence-corrected chi connectivity index (χ0v) is 15.5. The highest BCUT2D eigenvalue weighted by molar-refractivity contribution is 5.84. The molecule has 0 N–H and O–H groups in total. The smallest absolute Gasteiger partial charge is 0.215 e. The number of pyridine rings is 1. The van der Waals surface area contributed by atoms with Crippen molar-refractivity contribution in [2.45, 2.75) is 20.5 Å². The largest absolute Gasteiger partial charge is 0.473 e. The van der Waals surface area contributed by atoms with Crippen LogP contribution in [-0.4, -0.2) is 25.1 Å². The molecule has 28 heavy (non-hydrogen) atoms. The summed E-state index contributed by atoms with van der Waals surface area (Å²) in [4.78, 5) is 4.73. The van der Waals surface area contributed by atoms with E-state index in [4.69, 9.17) is 14.3 Å². The first-order chi connectivity index (χ1) is 13.7. The van der Waals surface area contributed by atoms with Gasteiger partial charge in [0.05, 0.1) is 11.4 Å². The van der Waals surface area contributed by atoms with E-state index in [0.29, 0.717) is 18.0 Å². The lowest BCUT2D eigenvalue weighted by molar-refractivity contribution is 0.294. The Hall–Kier alpha value is -3.74. The van der Waals surface area contributed by atoms with Crippen molar-refractivity contribution in [3.05, 3.63) is 71.4 Å². The molecule has 0 atom stereocenters. The number of hydrogen-bond acceptors (Lipinski definition) is 6. The first-order valence-electron chi connectivity index (χ1n) is 8.95. The van der Waals surface area contributed by atoms with Gasteiger partial charge < -0.3 is 4.74 Å². The van der Waals surface area contributed by atoms with Crippen molar-refractivity contribution in [3.8, 4) is 11.6 Å². The van der Waals surface area contributed by atoms with Gasteiger partial charge in [-0.25, -0.2) is 9.31 Å². The minimum absolute atomic E-state index is 0.374. The highest BCUT2D eigenvalue weighted by Crippen LogP contribution is 2.27. The SMILES string of the molecule is Cc1cc(OCc2ccc3nonc3c2)nc2c1c(C)nn2-c1ccccc1. The van der Waals surface area contributed by atoms with Crippen molar-refractivity contribution in [3.63, 3.8) is 0 Å². The minimum Gasteiger partial charge on any atom is -0.473 e. The Morgan fingerprint density at radius 2 is 1.79 bits per heavy atom. The number of ether oxygens (including phenoxy) is 1. The van der Waals surface area contributed by atoms with Crippen LogP contribution in [-0.2, 0) is 6.61 Å². The van der Waals surface area contributed by atoms with Crippen LogP contribution in [0.15, 0.2) is 59.2 Å². The topological polar surface area (TPSA) is 78.9 Å². The highest BCUT2D eigenvalue weighted by atomic mass is 16.6. The van der Waals surface area contributed by atoms with E-state index >= 15 is 0 Å². The Kier molecular flexibility index (Phi) is 3.79. The third-order valence-corrected chi connectivity index (χ3v) is 4.69. The van der Waals surface area contributed by atoms with Crippen molar-refractivity contribution in [2.75, 3.05) is 0 Å². The zero-order chi connectivity index (χ0) is 19.1. The van der Waals surface area contributed by atoms with Gasteiger partial charge in [-0.2, -0.15) is 10.1 Å². The van der Waals surface area contributed by atoms with Crippen molar-refractivity contribution in [1.29, 1.82) is 0 Å². The second-order valence-corrected chi connectivity index (χ2v) is 6.68. The van der Waals surface area contributed by atoms with Gasteiger partial charge in [-0.3, -0.25) is 0 Å². The summed E-state index contributed by atoms with van der Waals surface area (Å²) in [6, 6.07) is 17.6. The number of rotatable bonds is 4. The molecule has 0 spiro atoms. The predicted molar refractivity (Wildman–Crippen MR) is 104 cm³/mol. The van der Waals surface area contributed by atoms with E-state index in [9.17, 15) is 0 Å². The van der Waals surface area contributed by atoms with Gasteiger partial charge in [0.15, 0.2) is 5.65 Å². The molecule has 0 aliphatic carbocycles. The monoisotopic (exact) mass is 371 g/mol. The predicted octanol–water partition coefficient (Wildman–Crippen LogP) is 4.15. The fourth-order valence-electron chi connectivity index (χ4n) is 3.37. The Morgan fingerprint density at radius 1 is 0.964 bits per heavy atom. The lowest BCUT2D eigenvalue weighted by Crippen LogP contribution is -2.01. The number of benzene rings is 2. The molecule has 7 nitrogen and oxygen atoms in total. The molecule has 0 saturated heterocycles. The molecule has 7 heteroatoms. The molecule has 3 aromatic heterocycles. The first-order valence-corrected chi connectivity index (χ1v) is 8.95. The molecule has 138 valence electrons. The average Bonchev–Trinajstić information content (AvgIpc) is 3.31. The molecule has 2 aromatic carbocycles. The van der Waals surface area contributed by atoms with Gasteiger partial charge in [0.25, 0.3) is 0 Å². The normalized spacial score (nSPS) is 11.4. The van der Waals surface area contributed by atoms with Crippen LogP contribution >= 0.6 is 0 Å². The van der Waals surface area contributed by atoms with Crippen molar-refractivity contribution in [1.82, 2.24) is 25.1 Å². The Bertz CT molecular complexity index is 1290. The van der Waals surface area contributed by atoms with E-state index < -0.39 is 0 Å². The summed E-state index contributed by atoms with van der Waals surface area (Å²) in [5.74, 6) is 0.556. The van der Waals surface area contributed by atoms with Gasteiger partial charge in [-0.05, 0) is 59.6 Å². The highest BCUT2D eigenvalue weighted by Gasteiger charge is 2.15. The molecule has 5 rings (SSSR count). The summed E-state index contributed by atoms with van der Waals surface area (Å²) >= 11 is 0. The van der Waals surface area contributed by atoms with Crippen LogP contribution in [0.25, 0.3) is 27.8 Å². The minimum atomic E-state index is 0.374. The van der Waals surface area contributed by atoms with Gasteiger partial charge in [0.2, 0.25) is 5.88 Å². The van der Waals surface area contributed by atoms with E-state index in [0.717, 1.165) is 39.1 Å². The van der Waals surface area contributed by atoms with Crippen LogP contribution in [0.4, 0.5) is 0 Å². The van der Waals surface area contributed by atoms with E-state index in [1.807, 2.05) is 73.1 Å². The maximum atomic E-state index is 5.98. The molecule has 0 radical (unpaired) electrons. The molecular weight excluding hydrogens is 354 g/mol. The summed E-state index contributed by atoms with van der Waals surface area (Å²) in [6.45, 7) is 4.42. The Labute approximate surface area is 160 Å². The Morgan fingerprint density at radius 3 is 2.64 bits per heavy atom. The van der Waals surface area contributed by atoms with Crippen LogP contribution in [0.3, 0.4) is 0 Å². The zero-order valence-electron chi connectivity index (χ0n) is 15.5. The van der Waals surface area contributed by atoms with Gasteiger partial charge in [-0.15, -0.1) is 0 Å².